The molecule has 1 aromatic heterocycles. The molecule has 1 fully saturated rings. The molecule has 0 aliphatic carbocycles. The molecule has 1 aliphatic rings. The standard InChI is InChI=1S/C22H23N5O3S2/c23-10-5-15-31-22-25-24-21(27(22)17-18-6-2-1-3-7-18)19-8-4-9-20(16-19)32(28,29)26-11-13-30-14-12-26/h1-4,6-9,16H,5,11-15,17H2. The van der Waals surface area contributed by atoms with Gasteiger partial charge in [0.15, 0.2) is 11.0 Å². The van der Waals surface area contributed by atoms with E-state index >= 15 is 0 Å². The summed E-state index contributed by atoms with van der Waals surface area (Å²) in [5.74, 6) is 1.20. The van der Waals surface area contributed by atoms with Crippen LogP contribution in [-0.2, 0) is 21.3 Å². The van der Waals surface area contributed by atoms with Gasteiger partial charge in [-0.2, -0.15) is 9.57 Å². The second-order valence-corrected chi connectivity index (χ2v) is 10.2. The first-order chi connectivity index (χ1) is 15.6. The van der Waals surface area contributed by atoms with E-state index in [2.05, 4.69) is 16.3 Å². The SMILES string of the molecule is N#CCCSc1nnc(-c2cccc(S(=O)(=O)N3CCOCC3)c2)n1Cc1ccccc1. The van der Waals surface area contributed by atoms with Crippen LogP contribution in [0.2, 0.25) is 0 Å². The molecule has 0 atom stereocenters. The summed E-state index contributed by atoms with van der Waals surface area (Å²) in [5.41, 5.74) is 1.75. The number of ether oxygens (including phenoxy) is 1. The number of nitrogens with zero attached hydrogens (tertiary/aromatic N) is 5. The summed E-state index contributed by atoms with van der Waals surface area (Å²) in [5, 5.41) is 18.3. The van der Waals surface area contributed by atoms with Crippen LogP contribution in [0.15, 0.2) is 64.6 Å². The zero-order chi connectivity index (χ0) is 22.4. The fraction of sp³-hybridized carbons (Fsp3) is 0.318. The number of morpholine rings is 1. The van der Waals surface area contributed by atoms with E-state index in [1.807, 2.05) is 41.0 Å². The summed E-state index contributed by atoms with van der Waals surface area (Å²) in [6.07, 6.45) is 0.408. The molecule has 0 amide bonds. The molecule has 0 saturated carbocycles. The van der Waals surface area contributed by atoms with Gasteiger partial charge < -0.3 is 4.74 Å². The minimum atomic E-state index is -3.62. The predicted octanol–water partition coefficient (Wildman–Crippen LogP) is 3.02. The van der Waals surface area contributed by atoms with Crippen LogP contribution in [0, 0.1) is 11.3 Å². The Balaban J connectivity index is 1.70. The summed E-state index contributed by atoms with van der Waals surface area (Å²) in [7, 11) is -3.62. The highest BCUT2D eigenvalue weighted by atomic mass is 32.2. The van der Waals surface area contributed by atoms with E-state index in [0.29, 0.717) is 61.6 Å². The zero-order valence-corrected chi connectivity index (χ0v) is 19.1. The second kappa shape index (κ2) is 10.3. The van der Waals surface area contributed by atoms with Gasteiger partial charge in [-0.25, -0.2) is 8.42 Å². The summed E-state index contributed by atoms with van der Waals surface area (Å²) >= 11 is 1.47. The monoisotopic (exact) mass is 469 g/mol. The third kappa shape index (κ3) is 5.02. The van der Waals surface area contributed by atoms with Crippen LogP contribution >= 0.6 is 11.8 Å². The van der Waals surface area contributed by atoms with E-state index in [0.717, 1.165) is 5.56 Å². The van der Waals surface area contributed by atoms with Gasteiger partial charge in [0.05, 0.1) is 30.7 Å². The number of rotatable bonds is 8. The molecule has 10 heteroatoms. The molecule has 0 spiro atoms. The maximum absolute atomic E-state index is 13.1. The van der Waals surface area contributed by atoms with Crippen LogP contribution in [0.1, 0.15) is 12.0 Å². The van der Waals surface area contributed by atoms with E-state index < -0.39 is 10.0 Å². The van der Waals surface area contributed by atoms with E-state index in [-0.39, 0.29) is 4.90 Å². The van der Waals surface area contributed by atoms with E-state index in [9.17, 15) is 8.42 Å². The fourth-order valence-corrected chi connectivity index (χ4v) is 5.67. The summed E-state index contributed by atoms with van der Waals surface area (Å²) in [4.78, 5) is 0.227. The van der Waals surface area contributed by atoms with Crippen molar-refractivity contribution in [2.45, 2.75) is 23.0 Å². The summed E-state index contributed by atoms with van der Waals surface area (Å²) in [6, 6.07) is 18.9. The lowest BCUT2D eigenvalue weighted by Gasteiger charge is -2.26. The molecule has 0 N–H and O–H groups in total. The number of nitriles is 1. The number of thioether (sulfide) groups is 1. The molecule has 8 nitrogen and oxygen atoms in total. The first-order valence-corrected chi connectivity index (χ1v) is 12.7. The van der Waals surface area contributed by atoms with Gasteiger partial charge >= 0.3 is 0 Å². The van der Waals surface area contributed by atoms with Crippen molar-refractivity contribution in [2.24, 2.45) is 0 Å². The molecule has 2 aromatic carbocycles. The lowest BCUT2D eigenvalue weighted by Crippen LogP contribution is -2.40. The molecule has 4 rings (SSSR count). The summed E-state index contributed by atoms with van der Waals surface area (Å²) in [6.45, 7) is 2.02. The Kier molecular flexibility index (Phi) is 7.22. The van der Waals surface area contributed by atoms with Crippen molar-refractivity contribution in [3.8, 4) is 17.5 Å². The maximum Gasteiger partial charge on any atom is 0.243 e. The number of hydrogen-bond donors (Lipinski definition) is 0. The minimum Gasteiger partial charge on any atom is -0.379 e. The molecule has 166 valence electrons. The van der Waals surface area contributed by atoms with Crippen molar-refractivity contribution in [1.29, 1.82) is 5.26 Å². The van der Waals surface area contributed by atoms with E-state index in [1.165, 1.54) is 16.1 Å². The Morgan fingerprint density at radius 3 is 2.59 bits per heavy atom. The first-order valence-electron chi connectivity index (χ1n) is 10.2. The molecular weight excluding hydrogens is 446 g/mol. The van der Waals surface area contributed by atoms with Crippen molar-refractivity contribution in [2.75, 3.05) is 32.1 Å². The Hall–Kier alpha value is -2.71. The Bertz CT molecular complexity index is 1200. The topological polar surface area (TPSA) is 101 Å². The normalized spacial score (nSPS) is 14.8. The Labute approximate surface area is 191 Å². The van der Waals surface area contributed by atoms with Crippen molar-refractivity contribution in [3.63, 3.8) is 0 Å². The van der Waals surface area contributed by atoms with Gasteiger partial charge in [0, 0.05) is 30.8 Å². The van der Waals surface area contributed by atoms with Crippen molar-refractivity contribution in [3.05, 3.63) is 60.2 Å². The van der Waals surface area contributed by atoms with Gasteiger partial charge in [-0.15, -0.1) is 10.2 Å². The van der Waals surface area contributed by atoms with Crippen LogP contribution < -0.4 is 0 Å². The molecular formula is C22H23N5O3S2. The number of sulfonamides is 1. The van der Waals surface area contributed by atoms with Crippen LogP contribution in [0.5, 0.6) is 0 Å². The van der Waals surface area contributed by atoms with Crippen LogP contribution in [0.4, 0.5) is 0 Å². The van der Waals surface area contributed by atoms with Crippen LogP contribution in [0.3, 0.4) is 0 Å². The average Bonchev–Trinajstić information content (AvgIpc) is 3.23. The van der Waals surface area contributed by atoms with Crippen molar-refractivity contribution < 1.29 is 13.2 Å². The maximum atomic E-state index is 13.1. The predicted molar refractivity (Wildman–Crippen MR) is 122 cm³/mol. The molecule has 0 unspecified atom stereocenters. The second-order valence-electron chi connectivity index (χ2n) is 7.18. The molecule has 0 bridgehead atoms. The van der Waals surface area contributed by atoms with Gasteiger partial charge in [0.2, 0.25) is 10.0 Å². The van der Waals surface area contributed by atoms with Gasteiger partial charge in [-0.05, 0) is 17.7 Å². The lowest BCUT2D eigenvalue weighted by molar-refractivity contribution is 0.0730. The van der Waals surface area contributed by atoms with E-state index in [4.69, 9.17) is 10.00 Å². The first kappa shape index (κ1) is 22.5. The number of hydrogen-bond acceptors (Lipinski definition) is 7. The number of benzene rings is 2. The highest BCUT2D eigenvalue weighted by molar-refractivity contribution is 7.99. The Morgan fingerprint density at radius 1 is 1.06 bits per heavy atom. The molecule has 0 radical (unpaired) electrons. The molecule has 2 heterocycles. The fourth-order valence-electron chi connectivity index (χ4n) is 3.44. The smallest absolute Gasteiger partial charge is 0.243 e. The lowest BCUT2D eigenvalue weighted by atomic mass is 10.2. The molecule has 1 saturated heterocycles. The molecule has 32 heavy (non-hydrogen) atoms. The third-order valence-corrected chi connectivity index (χ3v) is 7.91. The quantitative estimate of drug-likeness (QED) is 0.369. The van der Waals surface area contributed by atoms with Gasteiger partial charge in [0.25, 0.3) is 0 Å². The minimum absolute atomic E-state index is 0.227. The highest BCUT2D eigenvalue weighted by Gasteiger charge is 2.27. The largest absolute Gasteiger partial charge is 0.379 e. The van der Waals surface area contributed by atoms with Crippen molar-refractivity contribution >= 4 is 21.8 Å². The number of aromatic nitrogens is 3. The highest BCUT2D eigenvalue weighted by Crippen LogP contribution is 2.28. The van der Waals surface area contributed by atoms with E-state index in [1.54, 1.807) is 18.2 Å². The molecule has 1 aliphatic heterocycles. The van der Waals surface area contributed by atoms with Crippen LogP contribution in [-0.4, -0.2) is 59.5 Å². The van der Waals surface area contributed by atoms with Crippen LogP contribution in [0.25, 0.3) is 11.4 Å². The molecule has 3 aromatic rings. The third-order valence-electron chi connectivity index (χ3n) is 5.05. The summed E-state index contributed by atoms with van der Waals surface area (Å²) < 4.78 is 34.9. The van der Waals surface area contributed by atoms with Gasteiger partial charge in [0.1, 0.15) is 0 Å². The van der Waals surface area contributed by atoms with Gasteiger partial charge in [-0.3, -0.25) is 4.57 Å². The average molecular weight is 470 g/mol. The Morgan fingerprint density at radius 2 is 1.84 bits per heavy atom. The van der Waals surface area contributed by atoms with Crippen molar-refractivity contribution in [1.82, 2.24) is 19.1 Å². The van der Waals surface area contributed by atoms with Gasteiger partial charge in [-0.1, -0.05) is 54.2 Å². The zero-order valence-electron chi connectivity index (χ0n) is 17.4.